The Hall–Kier alpha value is -1.78. The number of hydrogen-bond donors (Lipinski definition) is 1. The summed E-state index contributed by atoms with van der Waals surface area (Å²) < 4.78 is 0. The first-order valence-corrected chi connectivity index (χ1v) is 6.63. The number of benzene rings is 1. The molecule has 0 bridgehead atoms. The van der Waals surface area contributed by atoms with E-state index in [1.807, 2.05) is 12.1 Å². The molecule has 1 amide bonds. The van der Waals surface area contributed by atoms with Crippen LogP contribution >= 0.6 is 23.2 Å². The summed E-state index contributed by atoms with van der Waals surface area (Å²) in [5.74, 6) is -0.183. The van der Waals surface area contributed by atoms with Gasteiger partial charge in [-0.05, 0) is 23.8 Å². The van der Waals surface area contributed by atoms with E-state index < -0.39 is 0 Å². The lowest BCUT2D eigenvalue weighted by molar-refractivity contribution is 0.0785. The minimum absolute atomic E-state index is 0.183. The van der Waals surface area contributed by atoms with Crippen LogP contribution < -0.4 is 5.73 Å². The minimum atomic E-state index is -0.183. The standard InChI is InChI=1S/C14H13Cl2N3O/c1-19(8-9-3-2-4-18-7-9)14(20)10-5-11(15)13(17)12(16)6-10/h2-7H,8,17H2,1H3. The lowest BCUT2D eigenvalue weighted by atomic mass is 10.1. The first-order chi connectivity index (χ1) is 9.49. The number of rotatable bonds is 3. The third kappa shape index (κ3) is 3.21. The van der Waals surface area contributed by atoms with Crippen LogP contribution in [0.4, 0.5) is 5.69 Å². The Labute approximate surface area is 127 Å². The molecule has 0 radical (unpaired) electrons. The van der Waals surface area contributed by atoms with Crippen molar-refractivity contribution in [3.05, 3.63) is 57.8 Å². The van der Waals surface area contributed by atoms with Crippen LogP contribution in [0.2, 0.25) is 10.0 Å². The molecule has 104 valence electrons. The van der Waals surface area contributed by atoms with Crippen LogP contribution in [0.15, 0.2) is 36.7 Å². The third-order valence-corrected chi connectivity index (χ3v) is 3.44. The molecule has 2 rings (SSSR count). The average Bonchev–Trinajstić information content (AvgIpc) is 2.44. The second kappa shape index (κ2) is 6.11. The smallest absolute Gasteiger partial charge is 0.254 e. The molecule has 0 unspecified atom stereocenters. The van der Waals surface area contributed by atoms with E-state index in [4.69, 9.17) is 28.9 Å². The number of amides is 1. The number of carbonyl (C=O) groups excluding carboxylic acids is 1. The van der Waals surface area contributed by atoms with Crippen molar-refractivity contribution in [3.8, 4) is 0 Å². The first-order valence-electron chi connectivity index (χ1n) is 5.88. The molecule has 6 heteroatoms. The van der Waals surface area contributed by atoms with Crippen molar-refractivity contribution >= 4 is 34.8 Å². The number of carbonyl (C=O) groups is 1. The van der Waals surface area contributed by atoms with Gasteiger partial charge in [-0.2, -0.15) is 0 Å². The highest BCUT2D eigenvalue weighted by Gasteiger charge is 2.15. The van der Waals surface area contributed by atoms with E-state index in [0.29, 0.717) is 12.1 Å². The molecule has 1 aromatic heterocycles. The Morgan fingerprint density at radius 1 is 1.35 bits per heavy atom. The molecule has 0 spiro atoms. The maximum atomic E-state index is 12.3. The van der Waals surface area contributed by atoms with Crippen molar-refractivity contribution < 1.29 is 4.79 Å². The third-order valence-electron chi connectivity index (χ3n) is 2.82. The van der Waals surface area contributed by atoms with Gasteiger partial charge < -0.3 is 10.6 Å². The number of aromatic nitrogens is 1. The highest BCUT2D eigenvalue weighted by Crippen LogP contribution is 2.29. The summed E-state index contributed by atoms with van der Waals surface area (Å²) in [4.78, 5) is 17.9. The number of anilines is 1. The Kier molecular flexibility index (Phi) is 4.47. The highest BCUT2D eigenvalue weighted by molar-refractivity contribution is 6.39. The van der Waals surface area contributed by atoms with Crippen molar-refractivity contribution in [3.63, 3.8) is 0 Å². The van der Waals surface area contributed by atoms with E-state index in [2.05, 4.69) is 4.98 Å². The van der Waals surface area contributed by atoms with Crippen LogP contribution in [-0.2, 0) is 6.54 Å². The van der Waals surface area contributed by atoms with Gasteiger partial charge in [0.25, 0.3) is 5.91 Å². The monoisotopic (exact) mass is 309 g/mol. The normalized spacial score (nSPS) is 10.3. The quantitative estimate of drug-likeness (QED) is 0.885. The second-order valence-corrected chi connectivity index (χ2v) is 5.19. The van der Waals surface area contributed by atoms with Gasteiger partial charge in [-0.15, -0.1) is 0 Å². The summed E-state index contributed by atoms with van der Waals surface area (Å²) in [5, 5.41) is 0.547. The number of nitrogens with two attached hydrogens (primary N) is 1. The molecule has 0 aliphatic rings. The molecule has 0 fully saturated rings. The van der Waals surface area contributed by atoms with Crippen LogP contribution in [0.3, 0.4) is 0 Å². The maximum absolute atomic E-state index is 12.3. The number of nitrogen functional groups attached to an aromatic ring is 1. The minimum Gasteiger partial charge on any atom is -0.396 e. The molecule has 0 atom stereocenters. The van der Waals surface area contributed by atoms with Gasteiger partial charge in [0.1, 0.15) is 0 Å². The van der Waals surface area contributed by atoms with Crippen molar-refractivity contribution in [2.24, 2.45) is 0 Å². The van der Waals surface area contributed by atoms with E-state index in [9.17, 15) is 4.79 Å². The molecule has 2 N–H and O–H groups in total. The molecule has 4 nitrogen and oxygen atoms in total. The SMILES string of the molecule is CN(Cc1cccnc1)C(=O)c1cc(Cl)c(N)c(Cl)c1. The molecule has 0 saturated carbocycles. The van der Waals surface area contributed by atoms with Gasteiger partial charge in [0.2, 0.25) is 0 Å². The Bertz CT molecular complexity index is 609. The summed E-state index contributed by atoms with van der Waals surface area (Å²) in [5.41, 5.74) is 7.28. The van der Waals surface area contributed by atoms with Crippen molar-refractivity contribution in [2.75, 3.05) is 12.8 Å². The van der Waals surface area contributed by atoms with Crippen molar-refractivity contribution in [1.29, 1.82) is 0 Å². The predicted octanol–water partition coefficient (Wildman–Crippen LogP) is 3.24. The van der Waals surface area contributed by atoms with Crippen LogP contribution in [0.25, 0.3) is 0 Å². The lowest BCUT2D eigenvalue weighted by Crippen LogP contribution is -2.26. The van der Waals surface area contributed by atoms with Gasteiger partial charge in [-0.25, -0.2) is 0 Å². The second-order valence-electron chi connectivity index (χ2n) is 4.38. The number of hydrogen-bond acceptors (Lipinski definition) is 3. The molecule has 1 aromatic carbocycles. The maximum Gasteiger partial charge on any atom is 0.254 e. The van der Waals surface area contributed by atoms with Gasteiger partial charge in [0.05, 0.1) is 15.7 Å². The topological polar surface area (TPSA) is 59.2 Å². The van der Waals surface area contributed by atoms with Crippen LogP contribution in [0.5, 0.6) is 0 Å². The number of nitrogens with zero attached hydrogens (tertiary/aromatic N) is 2. The molecular formula is C14H13Cl2N3O. The summed E-state index contributed by atoms with van der Waals surface area (Å²) >= 11 is 11.9. The Balaban J connectivity index is 2.19. The van der Waals surface area contributed by atoms with Gasteiger partial charge >= 0.3 is 0 Å². The van der Waals surface area contributed by atoms with Gasteiger partial charge in [0, 0.05) is 31.5 Å². The van der Waals surface area contributed by atoms with Gasteiger partial charge in [-0.3, -0.25) is 9.78 Å². The van der Waals surface area contributed by atoms with E-state index in [1.165, 1.54) is 12.1 Å². The fraction of sp³-hybridized carbons (Fsp3) is 0.143. The summed E-state index contributed by atoms with van der Waals surface area (Å²) in [6.45, 7) is 0.451. The number of halogens is 2. The molecule has 2 aromatic rings. The molecular weight excluding hydrogens is 297 g/mol. The van der Waals surface area contributed by atoms with Crippen molar-refractivity contribution in [2.45, 2.75) is 6.54 Å². The van der Waals surface area contributed by atoms with E-state index >= 15 is 0 Å². The fourth-order valence-electron chi connectivity index (χ4n) is 1.77. The highest BCUT2D eigenvalue weighted by atomic mass is 35.5. The lowest BCUT2D eigenvalue weighted by Gasteiger charge is -2.17. The molecule has 0 aliphatic heterocycles. The van der Waals surface area contributed by atoms with E-state index in [0.717, 1.165) is 5.56 Å². The zero-order chi connectivity index (χ0) is 14.7. The molecule has 20 heavy (non-hydrogen) atoms. The predicted molar refractivity (Wildman–Crippen MR) is 80.9 cm³/mol. The zero-order valence-electron chi connectivity index (χ0n) is 10.8. The zero-order valence-corrected chi connectivity index (χ0v) is 12.3. The summed E-state index contributed by atoms with van der Waals surface area (Å²) in [7, 11) is 1.70. The molecule has 0 aliphatic carbocycles. The number of pyridine rings is 1. The fourth-order valence-corrected chi connectivity index (χ4v) is 2.25. The Morgan fingerprint density at radius 3 is 2.55 bits per heavy atom. The van der Waals surface area contributed by atoms with Crippen LogP contribution in [-0.4, -0.2) is 22.8 Å². The van der Waals surface area contributed by atoms with Crippen LogP contribution in [0, 0.1) is 0 Å². The van der Waals surface area contributed by atoms with Gasteiger partial charge in [-0.1, -0.05) is 29.3 Å². The van der Waals surface area contributed by atoms with E-state index in [1.54, 1.807) is 24.3 Å². The first kappa shape index (κ1) is 14.6. The molecule has 0 saturated heterocycles. The van der Waals surface area contributed by atoms with E-state index in [-0.39, 0.29) is 21.6 Å². The largest absolute Gasteiger partial charge is 0.396 e. The van der Waals surface area contributed by atoms with Crippen LogP contribution in [0.1, 0.15) is 15.9 Å². The Morgan fingerprint density at radius 2 is 2.00 bits per heavy atom. The van der Waals surface area contributed by atoms with Gasteiger partial charge in [0.15, 0.2) is 0 Å². The van der Waals surface area contributed by atoms with Crippen molar-refractivity contribution in [1.82, 2.24) is 9.88 Å². The summed E-state index contributed by atoms with van der Waals surface area (Å²) in [6, 6.07) is 6.76. The average molecular weight is 310 g/mol. The molecule has 1 heterocycles. The summed E-state index contributed by atoms with van der Waals surface area (Å²) in [6.07, 6.45) is 3.40.